The van der Waals surface area contributed by atoms with E-state index < -0.39 is 5.97 Å². The van der Waals surface area contributed by atoms with Crippen molar-refractivity contribution in [2.45, 2.75) is 58.3 Å². The summed E-state index contributed by atoms with van der Waals surface area (Å²) in [5.41, 5.74) is 0.816. The van der Waals surface area contributed by atoms with Gasteiger partial charge in [0.2, 0.25) is 0 Å². The van der Waals surface area contributed by atoms with E-state index in [1.807, 2.05) is 13.8 Å². The van der Waals surface area contributed by atoms with Gasteiger partial charge in [-0.3, -0.25) is 5.14 Å². The Hall–Kier alpha value is -2.25. The van der Waals surface area contributed by atoms with Crippen molar-refractivity contribution in [3.05, 3.63) is 47.8 Å². The van der Waals surface area contributed by atoms with E-state index in [-0.39, 0.29) is 11.4 Å². The molecule has 0 aliphatic rings. The smallest absolute Gasteiger partial charge is 0.337 e. The lowest BCUT2D eigenvalue weighted by Gasteiger charge is -2.27. The molecule has 7 heteroatoms. The van der Waals surface area contributed by atoms with Crippen LogP contribution in [0.1, 0.15) is 63.7 Å². The van der Waals surface area contributed by atoms with Gasteiger partial charge in [0.1, 0.15) is 17.3 Å². The Morgan fingerprint density at radius 2 is 1.67 bits per heavy atom. The highest BCUT2D eigenvalue weighted by molar-refractivity contribution is 7.97. The third-order valence-electron chi connectivity index (χ3n) is 4.36. The fourth-order valence-corrected chi connectivity index (χ4v) is 3.24. The summed E-state index contributed by atoms with van der Waals surface area (Å²) in [4.78, 5) is 14.5. The number of hydrogen-bond acceptors (Lipinski definition) is 5. The van der Waals surface area contributed by atoms with E-state index >= 15 is 0 Å². The van der Waals surface area contributed by atoms with Crippen molar-refractivity contribution in [2.75, 3.05) is 18.0 Å². The molecule has 5 nitrogen and oxygen atoms in total. The van der Waals surface area contributed by atoms with Crippen molar-refractivity contribution in [1.29, 1.82) is 0 Å². The van der Waals surface area contributed by atoms with E-state index in [0.29, 0.717) is 22.1 Å². The van der Waals surface area contributed by atoms with Crippen LogP contribution in [0, 0.1) is 5.82 Å². The van der Waals surface area contributed by atoms with Crippen LogP contribution in [0.25, 0.3) is 0 Å². The maximum Gasteiger partial charge on any atom is 0.337 e. The molecule has 0 amide bonds. The summed E-state index contributed by atoms with van der Waals surface area (Å²) in [5.74, 6) is -0.443. The molecule has 0 aliphatic carbocycles. The number of hydrogen-bond donors (Lipinski definition) is 2. The molecule has 0 saturated heterocycles. The lowest BCUT2D eigenvalue weighted by molar-refractivity contribution is 0.0697. The molecule has 30 heavy (non-hydrogen) atoms. The quantitative estimate of drug-likeness (QED) is 0.381. The Balaban J connectivity index is 0.00000218. The van der Waals surface area contributed by atoms with Gasteiger partial charge in [-0.1, -0.05) is 40.5 Å². The van der Waals surface area contributed by atoms with Crippen LogP contribution in [0.4, 0.5) is 10.1 Å². The normalized spacial score (nSPS) is 10.2. The van der Waals surface area contributed by atoms with Crippen LogP contribution in [0.5, 0.6) is 11.5 Å². The van der Waals surface area contributed by atoms with E-state index in [1.54, 1.807) is 12.1 Å². The number of rotatable bonds is 11. The zero-order chi connectivity index (χ0) is 22.5. The first kappa shape index (κ1) is 25.8. The van der Waals surface area contributed by atoms with Gasteiger partial charge in [-0.2, -0.15) is 0 Å². The monoisotopic (exact) mass is 436 g/mol. The number of carboxylic acid groups (broad SMARTS) is 1. The summed E-state index contributed by atoms with van der Waals surface area (Å²) < 4.78 is 19.1. The molecule has 0 fully saturated rings. The highest BCUT2D eigenvalue weighted by Crippen LogP contribution is 2.37. The number of ether oxygens (including phenoxy) is 1. The van der Waals surface area contributed by atoms with Gasteiger partial charge in [0.25, 0.3) is 0 Å². The van der Waals surface area contributed by atoms with Gasteiger partial charge in [-0.05, 0) is 55.1 Å². The third kappa shape index (κ3) is 7.54. The van der Waals surface area contributed by atoms with Crippen molar-refractivity contribution in [1.82, 2.24) is 0 Å². The van der Waals surface area contributed by atoms with Gasteiger partial charge in [-0.25, -0.2) is 9.18 Å². The molecule has 0 bridgehead atoms. The minimum Gasteiger partial charge on any atom is -0.478 e. The molecule has 0 aliphatic heterocycles. The van der Waals surface area contributed by atoms with Crippen molar-refractivity contribution in [3.63, 3.8) is 0 Å². The van der Waals surface area contributed by atoms with Crippen molar-refractivity contribution >= 4 is 23.6 Å². The zero-order valence-electron chi connectivity index (χ0n) is 18.3. The second kappa shape index (κ2) is 13.9. The van der Waals surface area contributed by atoms with Gasteiger partial charge in [-0.15, -0.1) is 0 Å². The van der Waals surface area contributed by atoms with E-state index in [9.17, 15) is 14.3 Å². The molecule has 0 spiro atoms. The first-order chi connectivity index (χ1) is 14.5. The number of nitrogens with two attached hydrogens (primary N) is 1. The van der Waals surface area contributed by atoms with Gasteiger partial charge in [0, 0.05) is 19.2 Å². The van der Waals surface area contributed by atoms with Gasteiger partial charge in [0.15, 0.2) is 0 Å². The number of anilines is 1. The van der Waals surface area contributed by atoms with Crippen LogP contribution in [0.15, 0.2) is 41.3 Å². The van der Waals surface area contributed by atoms with Gasteiger partial charge >= 0.3 is 5.97 Å². The largest absolute Gasteiger partial charge is 0.478 e. The van der Waals surface area contributed by atoms with Crippen LogP contribution >= 0.6 is 11.9 Å². The first-order valence-corrected chi connectivity index (χ1v) is 11.3. The Morgan fingerprint density at radius 1 is 1.10 bits per heavy atom. The predicted octanol–water partition coefficient (Wildman–Crippen LogP) is 6.71. The molecule has 0 radical (unpaired) electrons. The average Bonchev–Trinajstić information content (AvgIpc) is 2.76. The summed E-state index contributed by atoms with van der Waals surface area (Å²) in [5, 5.41) is 15.5. The van der Waals surface area contributed by atoms with Crippen LogP contribution in [0.2, 0.25) is 0 Å². The fourth-order valence-electron chi connectivity index (χ4n) is 2.83. The highest BCUT2D eigenvalue weighted by atomic mass is 32.2. The fraction of sp³-hybridized carbons (Fsp3) is 0.435. The maximum atomic E-state index is 13.2. The Morgan fingerprint density at radius 3 is 2.13 bits per heavy atom. The zero-order valence-corrected chi connectivity index (χ0v) is 19.1. The maximum absolute atomic E-state index is 13.2. The molecule has 0 saturated carbocycles. The summed E-state index contributed by atoms with van der Waals surface area (Å²) >= 11 is 0.925. The lowest BCUT2D eigenvalue weighted by atomic mass is 10.1. The number of carboxylic acids is 1. The van der Waals surface area contributed by atoms with E-state index in [2.05, 4.69) is 18.7 Å². The van der Waals surface area contributed by atoms with E-state index in [0.717, 1.165) is 50.7 Å². The van der Waals surface area contributed by atoms with Crippen LogP contribution in [-0.4, -0.2) is 24.2 Å². The van der Waals surface area contributed by atoms with Crippen LogP contribution in [0.3, 0.4) is 0 Å². The average molecular weight is 437 g/mol. The minimum atomic E-state index is -1.00. The molecular weight excluding hydrogens is 403 g/mol. The van der Waals surface area contributed by atoms with Gasteiger partial charge < -0.3 is 14.7 Å². The second-order valence-electron chi connectivity index (χ2n) is 6.49. The summed E-state index contributed by atoms with van der Waals surface area (Å²) in [6.07, 6.45) is 3.95. The number of halogens is 1. The summed E-state index contributed by atoms with van der Waals surface area (Å²) in [6.45, 7) is 9.74. The molecule has 3 N–H and O–H groups in total. The second-order valence-corrected chi connectivity index (χ2v) is 7.16. The molecule has 0 unspecified atom stereocenters. The predicted molar refractivity (Wildman–Crippen MR) is 123 cm³/mol. The van der Waals surface area contributed by atoms with Crippen molar-refractivity contribution < 1.29 is 19.0 Å². The molecule has 0 heterocycles. The van der Waals surface area contributed by atoms with Crippen molar-refractivity contribution in [2.24, 2.45) is 5.14 Å². The Kier molecular flexibility index (Phi) is 11.9. The summed E-state index contributed by atoms with van der Waals surface area (Å²) in [7, 11) is 0. The molecular formula is C23H33FN2O3S. The standard InChI is InChI=1S/C21H27FN2O3S.C2H6/c1-3-5-11-24(12-6-4-2)18-14-19(20(28-23)13-17(18)21(25)26)27-16-9-7-15(22)8-10-16;1-2/h7-10,13-14H,3-6,11-12,23H2,1-2H3,(H,25,26);1-2H3. The lowest BCUT2D eigenvalue weighted by Crippen LogP contribution is -2.27. The van der Waals surface area contributed by atoms with Gasteiger partial charge in [0.05, 0.1) is 16.1 Å². The molecule has 0 aromatic heterocycles. The summed E-state index contributed by atoms with van der Waals surface area (Å²) in [6, 6.07) is 8.95. The number of aromatic carboxylic acids is 1. The van der Waals surface area contributed by atoms with Crippen molar-refractivity contribution in [3.8, 4) is 11.5 Å². The van der Waals surface area contributed by atoms with E-state index in [4.69, 9.17) is 9.88 Å². The number of benzene rings is 2. The molecule has 2 aromatic carbocycles. The Bertz CT molecular complexity index is 777. The molecule has 166 valence electrons. The van der Waals surface area contributed by atoms with Crippen LogP contribution < -0.4 is 14.8 Å². The van der Waals surface area contributed by atoms with E-state index in [1.165, 1.54) is 24.3 Å². The Labute approximate surface area is 183 Å². The minimum absolute atomic E-state index is 0.201. The molecule has 2 rings (SSSR count). The number of unbranched alkanes of at least 4 members (excludes halogenated alkanes) is 2. The SMILES string of the molecule is CC.CCCCN(CCCC)c1cc(Oc2ccc(F)cc2)c(SN)cc1C(=O)O. The topological polar surface area (TPSA) is 75.8 Å². The molecule has 2 aromatic rings. The molecule has 0 atom stereocenters. The highest BCUT2D eigenvalue weighted by Gasteiger charge is 2.20. The third-order valence-corrected chi connectivity index (χ3v) is 4.94. The number of carbonyl (C=O) groups is 1. The van der Waals surface area contributed by atoms with Crippen LogP contribution in [-0.2, 0) is 0 Å². The number of nitrogens with zero attached hydrogens (tertiary/aromatic N) is 1. The first-order valence-electron chi connectivity index (χ1n) is 10.5.